The van der Waals surface area contributed by atoms with E-state index in [9.17, 15) is 4.79 Å². The van der Waals surface area contributed by atoms with E-state index in [2.05, 4.69) is 16.9 Å². The van der Waals surface area contributed by atoms with E-state index in [0.29, 0.717) is 13.0 Å². The third-order valence-corrected chi connectivity index (χ3v) is 8.20. The number of carbonyl (C=O) groups excluding carboxylic acids is 1. The molecule has 0 atom stereocenters. The smallest absolute Gasteiger partial charge is 0.322 e. The number of carbonyl (C=O) groups is 1. The van der Waals surface area contributed by atoms with Crippen LogP contribution in [0.3, 0.4) is 0 Å². The molecule has 0 rings (SSSR count). The van der Waals surface area contributed by atoms with Gasteiger partial charge < -0.3 is 4.74 Å². The van der Waals surface area contributed by atoms with Crippen molar-refractivity contribution in [1.82, 2.24) is 0 Å². The topological polar surface area (TPSA) is 75.1 Å². The van der Waals surface area contributed by atoms with Crippen LogP contribution in [0.5, 0.6) is 0 Å². The molecule has 0 amide bonds. The second kappa shape index (κ2) is 18.6. The molecular weight excluding hydrogens is 410 g/mol. The van der Waals surface area contributed by atoms with Gasteiger partial charge in [-0.05, 0) is 49.4 Å². The fourth-order valence-electron chi connectivity index (χ4n) is 2.50. The molecule has 0 heterocycles. The van der Waals surface area contributed by atoms with E-state index >= 15 is 0 Å². The first kappa shape index (κ1) is 27.6. The van der Waals surface area contributed by atoms with E-state index in [1.54, 1.807) is 0 Å². The lowest BCUT2D eigenvalue weighted by Gasteiger charge is -2.21. The van der Waals surface area contributed by atoms with Crippen molar-refractivity contribution in [2.75, 3.05) is 13.2 Å². The van der Waals surface area contributed by atoms with Gasteiger partial charge in [-0.2, -0.15) is 0 Å². The zero-order valence-corrected chi connectivity index (χ0v) is 20.2. The normalized spacial score (nSPS) is 11.1. The Kier molecular flexibility index (Phi) is 18.3. The third-order valence-electron chi connectivity index (χ3n) is 4.27. The van der Waals surface area contributed by atoms with Crippen LogP contribution >= 0.6 is 33.8 Å². The van der Waals surface area contributed by atoms with E-state index < -0.39 is 4.75 Å². The molecule has 0 aliphatic heterocycles. The summed E-state index contributed by atoms with van der Waals surface area (Å²) in [7, 11) is 2.98. The summed E-state index contributed by atoms with van der Waals surface area (Å²) in [5.74, 6) is -0.257. The summed E-state index contributed by atoms with van der Waals surface area (Å²) >= 11 is 5.45. The Bertz CT molecular complexity index is 481. The summed E-state index contributed by atoms with van der Waals surface area (Å²) in [6.07, 6.45) is 14.7. The summed E-state index contributed by atoms with van der Waals surface area (Å²) in [6, 6.07) is 0. The molecule has 5 nitrogen and oxygen atoms in total. The molecular formula is C20H37N3O2S3. The molecule has 0 saturated heterocycles. The van der Waals surface area contributed by atoms with Crippen LogP contribution in [-0.2, 0) is 9.53 Å². The molecule has 0 aromatic heterocycles. The third kappa shape index (κ3) is 16.5. The minimum absolute atomic E-state index is 0.257. The van der Waals surface area contributed by atoms with E-state index in [1.807, 2.05) is 13.8 Å². The first-order chi connectivity index (χ1) is 13.4. The highest BCUT2D eigenvalue weighted by atomic mass is 33.1. The van der Waals surface area contributed by atoms with Gasteiger partial charge in [-0.1, -0.05) is 92.8 Å². The first-order valence-electron chi connectivity index (χ1n) is 10.5. The zero-order valence-electron chi connectivity index (χ0n) is 17.8. The largest absolute Gasteiger partial charge is 0.465 e. The number of thiocarbonyl (C=S) groups is 1. The molecule has 0 saturated carbocycles. The molecule has 0 aliphatic carbocycles. The number of ether oxygens (including phenoxy) is 1. The fraction of sp³-hybridized carbons (Fsp3) is 0.900. The van der Waals surface area contributed by atoms with Gasteiger partial charge >= 0.3 is 5.97 Å². The second-order valence-corrected chi connectivity index (χ2v) is 11.0. The van der Waals surface area contributed by atoms with Crippen LogP contribution < -0.4 is 0 Å². The molecule has 0 unspecified atom stereocenters. The van der Waals surface area contributed by atoms with E-state index in [1.165, 1.54) is 79.4 Å². The van der Waals surface area contributed by atoms with Crippen molar-refractivity contribution in [3.8, 4) is 0 Å². The van der Waals surface area contributed by atoms with E-state index in [4.69, 9.17) is 22.5 Å². The quantitative estimate of drug-likeness (QED) is 0.0404. The minimum Gasteiger partial charge on any atom is -0.465 e. The van der Waals surface area contributed by atoms with Crippen LogP contribution in [0.15, 0.2) is 5.11 Å². The maximum absolute atomic E-state index is 12.2. The standard InChI is InChI=1S/C20H37N3O2S3/c1-4-5-6-7-8-9-10-11-12-13-15-18(26)27-28-20(2,3)19(24)25-17-14-16-22-23-21/h4-17H2,1-3H3. The first-order valence-corrected chi connectivity index (χ1v) is 13.1. The Morgan fingerprint density at radius 1 is 1.04 bits per heavy atom. The summed E-state index contributed by atoms with van der Waals surface area (Å²) < 4.78 is 5.56. The molecule has 0 fully saturated rings. The van der Waals surface area contributed by atoms with Crippen LogP contribution in [0.4, 0.5) is 0 Å². The predicted molar refractivity (Wildman–Crippen MR) is 128 cm³/mol. The molecule has 0 bridgehead atoms. The van der Waals surface area contributed by atoms with Gasteiger partial charge in [0.15, 0.2) is 0 Å². The fourth-order valence-corrected chi connectivity index (χ4v) is 4.97. The van der Waals surface area contributed by atoms with Crippen molar-refractivity contribution < 1.29 is 9.53 Å². The van der Waals surface area contributed by atoms with E-state index in [-0.39, 0.29) is 12.6 Å². The SMILES string of the molecule is CCCCCCCCCCCCC(=S)SSC(C)(C)C(=O)OCCCN=[N+]=[N-]. The van der Waals surface area contributed by atoms with Gasteiger partial charge in [0.05, 0.1) is 10.8 Å². The average Bonchev–Trinajstić information content (AvgIpc) is 2.67. The Labute approximate surface area is 184 Å². The Hall–Kier alpha value is -0.430. The number of esters is 1. The van der Waals surface area contributed by atoms with Crippen LogP contribution in [0.25, 0.3) is 10.4 Å². The lowest BCUT2D eigenvalue weighted by atomic mass is 10.1. The number of hydrogen-bond donors (Lipinski definition) is 0. The van der Waals surface area contributed by atoms with Gasteiger partial charge in [-0.3, -0.25) is 4.79 Å². The van der Waals surface area contributed by atoms with Gasteiger partial charge in [0.25, 0.3) is 0 Å². The zero-order chi connectivity index (χ0) is 21.1. The van der Waals surface area contributed by atoms with Crippen molar-refractivity contribution in [1.29, 1.82) is 0 Å². The highest BCUT2D eigenvalue weighted by molar-refractivity contribution is 8.84. The molecule has 162 valence electrons. The molecule has 0 spiro atoms. The van der Waals surface area contributed by atoms with Gasteiger partial charge in [-0.15, -0.1) is 0 Å². The monoisotopic (exact) mass is 447 g/mol. The maximum atomic E-state index is 12.2. The minimum atomic E-state index is -0.648. The maximum Gasteiger partial charge on any atom is 0.322 e. The Balaban J connectivity index is 3.69. The summed E-state index contributed by atoms with van der Waals surface area (Å²) in [5.41, 5.74) is 8.21. The molecule has 0 aliphatic rings. The van der Waals surface area contributed by atoms with Gasteiger partial charge in [-0.25, -0.2) is 0 Å². The number of hydrogen-bond acceptors (Lipinski definition) is 6. The van der Waals surface area contributed by atoms with Crippen molar-refractivity contribution >= 4 is 44.0 Å². The van der Waals surface area contributed by atoms with Crippen molar-refractivity contribution in [3.63, 3.8) is 0 Å². The summed E-state index contributed by atoms with van der Waals surface area (Å²) in [5, 5.41) is 3.42. The van der Waals surface area contributed by atoms with Crippen LogP contribution in [-0.4, -0.2) is 28.1 Å². The molecule has 0 radical (unpaired) electrons. The molecule has 0 N–H and O–H groups in total. The number of nitrogens with zero attached hydrogens (tertiary/aromatic N) is 3. The average molecular weight is 448 g/mol. The van der Waals surface area contributed by atoms with Crippen molar-refractivity contribution in [3.05, 3.63) is 10.4 Å². The number of unbranched alkanes of at least 4 members (excludes halogenated alkanes) is 9. The highest BCUT2D eigenvalue weighted by Crippen LogP contribution is 2.38. The Morgan fingerprint density at radius 2 is 1.61 bits per heavy atom. The van der Waals surface area contributed by atoms with E-state index in [0.717, 1.165) is 17.0 Å². The molecule has 0 aromatic carbocycles. The predicted octanol–water partition coefficient (Wildman–Crippen LogP) is 8.03. The van der Waals surface area contributed by atoms with Crippen molar-refractivity contribution in [2.45, 2.75) is 103 Å². The van der Waals surface area contributed by atoms with Crippen LogP contribution in [0.1, 0.15) is 97.8 Å². The van der Waals surface area contributed by atoms with Gasteiger partial charge in [0, 0.05) is 11.5 Å². The van der Waals surface area contributed by atoms with Gasteiger partial charge in [0.1, 0.15) is 4.75 Å². The van der Waals surface area contributed by atoms with Crippen molar-refractivity contribution in [2.24, 2.45) is 5.11 Å². The Morgan fingerprint density at radius 3 is 2.18 bits per heavy atom. The number of rotatable bonds is 18. The highest BCUT2D eigenvalue weighted by Gasteiger charge is 2.31. The van der Waals surface area contributed by atoms with Crippen LogP contribution in [0, 0.1) is 0 Å². The molecule has 0 aromatic rings. The lowest BCUT2D eigenvalue weighted by Crippen LogP contribution is -2.29. The second-order valence-electron chi connectivity index (χ2n) is 7.42. The molecule has 28 heavy (non-hydrogen) atoms. The number of azide groups is 1. The van der Waals surface area contributed by atoms with Crippen LogP contribution in [0.2, 0.25) is 0 Å². The summed E-state index contributed by atoms with van der Waals surface area (Å²) in [4.78, 5) is 14.8. The van der Waals surface area contributed by atoms with Gasteiger partial charge in [0.2, 0.25) is 0 Å². The molecule has 8 heteroatoms. The lowest BCUT2D eigenvalue weighted by molar-refractivity contribution is -0.145. The summed E-state index contributed by atoms with van der Waals surface area (Å²) in [6.45, 7) is 6.57.